The molecule has 0 heteroatoms. The van der Waals surface area contributed by atoms with Gasteiger partial charge < -0.3 is 0 Å². The van der Waals surface area contributed by atoms with Crippen LogP contribution in [0.1, 0.15) is 32.1 Å². The third kappa shape index (κ3) is 1.43. The van der Waals surface area contributed by atoms with E-state index in [9.17, 15) is 0 Å². The molecule has 110 valence electrons. The Hall–Kier alpha value is -0.780. The molecular weight excluding hydrogens is 252 g/mol. The van der Waals surface area contributed by atoms with Crippen LogP contribution >= 0.6 is 0 Å². The fourth-order valence-electron chi connectivity index (χ4n) is 7.54. The van der Waals surface area contributed by atoms with E-state index in [0.717, 1.165) is 59.2 Å². The molecule has 6 bridgehead atoms. The van der Waals surface area contributed by atoms with Crippen molar-refractivity contribution in [2.24, 2.45) is 59.2 Å². The highest BCUT2D eigenvalue weighted by Gasteiger charge is 2.67. The molecular formula is C21H26. The highest BCUT2D eigenvalue weighted by molar-refractivity contribution is 5.29. The van der Waals surface area contributed by atoms with Gasteiger partial charge in [-0.15, -0.1) is 0 Å². The molecule has 0 N–H and O–H groups in total. The predicted octanol–water partition coefficient (Wildman–Crippen LogP) is 4.85. The third-order valence-corrected chi connectivity index (χ3v) is 8.22. The Morgan fingerprint density at radius 3 is 1.05 bits per heavy atom. The Morgan fingerprint density at radius 2 is 0.810 bits per heavy atom. The zero-order valence-corrected chi connectivity index (χ0v) is 12.8. The largest absolute Gasteiger partial charge is 0.0851 e. The molecule has 4 saturated carbocycles. The van der Waals surface area contributed by atoms with E-state index >= 15 is 0 Å². The van der Waals surface area contributed by atoms with Crippen molar-refractivity contribution in [3.63, 3.8) is 0 Å². The van der Waals surface area contributed by atoms with Gasteiger partial charge in [0, 0.05) is 0 Å². The van der Waals surface area contributed by atoms with Gasteiger partial charge in [-0.2, -0.15) is 0 Å². The van der Waals surface area contributed by atoms with Crippen LogP contribution in [0.15, 0.2) is 36.5 Å². The van der Waals surface area contributed by atoms with Crippen LogP contribution in [0.25, 0.3) is 0 Å². The minimum absolute atomic E-state index is 0.991. The van der Waals surface area contributed by atoms with E-state index in [-0.39, 0.29) is 0 Å². The number of hydrogen-bond acceptors (Lipinski definition) is 0. The van der Waals surface area contributed by atoms with Gasteiger partial charge >= 0.3 is 0 Å². The van der Waals surface area contributed by atoms with Gasteiger partial charge in [-0.25, -0.2) is 0 Å². The third-order valence-electron chi connectivity index (χ3n) is 8.22. The van der Waals surface area contributed by atoms with Crippen LogP contribution in [0, 0.1) is 59.2 Å². The molecule has 0 heterocycles. The number of hydrogen-bond donors (Lipinski definition) is 0. The zero-order valence-electron chi connectivity index (χ0n) is 12.8. The summed E-state index contributed by atoms with van der Waals surface area (Å²) in [5.74, 6) is 10.5. The number of fused-ring (bicyclic) bond motifs is 14. The van der Waals surface area contributed by atoms with Crippen LogP contribution < -0.4 is 0 Å². The summed E-state index contributed by atoms with van der Waals surface area (Å²) < 4.78 is 0. The van der Waals surface area contributed by atoms with Crippen LogP contribution in [0.4, 0.5) is 0 Å². The van der Waals surface area contributed by atoms with Gasteiger partial charge in [-0.1, -0.05) is 36.5 Å². The standard InChI is InChI=1S/C14H16.C7H10/c1-2-8-5-7(1)11-12(8)14-10-4-3-9(6-10)13(11)14;1-2-7-4-3-6(1)5-7/h1-4,7-14H,5-6H2;1-2,6-7H,3-5H2. The maximum absolute atomic E-state index is 2.54. The molecule has 2 atom stereocenters. The fourth-order valence-corrected chi connectivity index (χ4v) is 7.54. The summed E-state index contributed by atoms with van der Waals surface area (Å²) in [6.07, 6.45) is 22.4. The molecule has 0 spiro atoms. The quantitative estimate of drug-likeness (QED) is 0.556. The summed E-state index contributed by atoms with van der Waals surface area (Å²) in [6.45, 7) is 0. The average molecular weight is 278 g/mol. The lowest BCUT2D eigenvalue weighted by molar-refractivity contribution is -0.0372. The van der Waals surface area contributed by atoms with Crippen molar-refractivity contribution in [3.05, 3.63) is 36.5 Å². The van der Waals surface area contributed by atoms with E-state index in [2.05, 4.69) is 36.5 Å². The van der Waals surface area contributed by atoms with E-state index in [1.54, 1.807) is 0 Å². The highest BCUT2D eigenvalue weighted by atomic mass is 14.7. The molecule has 7 aliphatic rings. The van der Waals surface area contributed by atoms with Crippen molar-refractivity contribution in [1.29, 1.82) is 0 Å². The van der Waals surface area contributed by atoms with E-state index in [1.807, 2.05) is 0 Å². The minimum atomic E-state index is 0.991. The lowest BCUT2D eigenvalue weighted by Crippen LogP contribution is -2.50. The van der Waals surface area contributed by atoms with E-state index in [0.29, 0.717) is 0 Å². The van der Waals surface area contributed by atoms with Crippen LogP contribution in [0.5, 0.6) is 0 Å². The summed E-state index contributed by atoms with van der Waals surface area (Å²) in [5.41, 5.74) is 0. The topological polar surface area (TPSA) is 0 Å². The Morgan fingerprint density at radius 1 is 0.429 bits per heavy atom. The van der Waals surface area contributed by atoms with Gasteiger partial charge in [0.2, 0.25) is 0 Å². The van der Waals surface area contributed by atoms with E-state index in [4.69, 9.17) is 0 Å². The van der Waals surface area contributed by atoms with Crippen molar-refractivity contribution in [2.75, 3.05) is 0 Å². The summed E-state index contributed by atoms with van der Waals surface area (Å²) >= 11 is 0. The molecule has 0 aliphatic heterocycles. The SMILES string of the molecule is C1=CC2CC1C1C2C2C3C=CC(C3)C12.C1=CC2CCC1C2. The summed E-state index contributed by atoms with van der Waals surface area (Å²) in [6, 6.07) is 0. The van der Waals surface area contributed by atoms with Crippen LogP contribution in [-0.2, 0) is 0 Å². The zero-order chi connectivity index (χ0) is 13.6. The molecule has 0 aromatic carbocycles. The Labute approximate surface area is 128 Å². The second kappa shape index (κ2) is 3.94. The Bertz CT molecular complexity index is 464. The van der Waals surface area contributed by atoms with Gasteiger partial charge in [-0.3, -0.25) is 0 Å². The Balaban J connectivity index is 0.000000117. The second-order valence-corrected chi connectivity index (χ2v) is 8.92. The molecule has 0 radical (unpaired) electrons. The first-order valence-electron chi connectivity index (χ1n) is 9.43. The fraction of sp³-hybridized carbons (Fsp3) is 0.714. The van der Waals surface area contributed by atoms with Gasteiger partial charge in [-0.05, 0) is 91.3 Å². The van der Waals surface area contributed by atoms with E-state index in [1.165, 1.54) is 32.1 Å². The smallest absolute Gasteiger partial charge is 0.0193 e. The second-order valence-electron chi connectivity index (χ2n) is 8.92. The van der Waals surface area contributed by atoms with Crippen molar-refractivity contribution in [2.45, 2.75) is 32.1 Å². The molecule has 2 unspecified atom stereocenters. The van der Waals surface area contributed by atoms with E-state index < -0.39 is 0 Å². The lowest BCUT2D eigenvalue weighted by atomic mass is 9.50. The van der Waals surface area contributed by atoms with Crippen molar-refractivity contribution in [1.82, 2.24) is 0 Å². The molecule has 0 nitrogen and oxygen atoms in total. The molecule has 4 fully saturated rings. The predicted molar refractivity (Wildman–Crippen MR) is 85.4 cm³/mol. The van der Waals surface area contributed by atoms with Crippen LogP contribution in [0.2, 0.25) is 0 Å². The molecule has 0 aromatic heterocycles. The minimum Gasteiger partial charge on any atom is -0.0851 e. The van der Waals surface area contributed by atoms with Crippen LogP contribution in [-0.4, -0.2) is 0 Å². The number of rotatable bonds is 0. The first kappa shape index (κ1) is 11.7. The molecule has 21 heavy (non-hydrogen) atoms. The van der Waals surface area contributed by atoms with Gasteiger partial charge in [0.15, 0.2) is 0 Å². The van der Waals surface area contributed by atoms with Crippen LogP contribution in [0.3, 0.4) is 0 Å². The number of allylic oxidation sites excluding steroid dienone is 6. The van der Waals surface area contributed by atoms with Crippen molar-refractivity contribution in [3.8, 4) is 0 Å². The molecule has 0 amide bonds. The monoisotopic (exact) mass is 278 g/mol. The summed E-state index contributed by atoms with van der Waals surface area (Å²) in [4.78, 5) is 0. The molecule has 0 aromatic rings. The van der Waals surface area contributed by atoms with Gasteiger partial charge in [0.05, 0.1) is 0 Å². The first-order valence-corrected chi connectivity index (χ1v) is 9.43. The Kier molecular flexibility index (Phi) is 2.21. The van der Waals surface area contributed by atoms with Gasteiger partial charge in [0.25, 0.3) is 0 Å². The lowest BCUT2D eigenvalue weighted by Gasteiger charge is -2.54. The highest BCUT2D eigenvalue weighted by Crippen LogP contribution is 2.72. The maximum Gasteiger partial charge on any atom is -0.0193 e. The maximum atomic E-state index is 2.54. The normalized spacial score (nSPS) is 61.7. The average Bonchev–Trinajstić information content (AvgIpc) is 3.28. The van der Waals surface area contributed by atoms with Crippen molar-refractivity contribution >= 4 is 0 Å². The molecule has 7 aliphatic carbocycles. The summed E-state index contributed by atoms with van der Waals surface area (Å²) in [7, 11) is 0. The van der Waals surface area contributed by atoms with Gasteiger partial charge in [0.1, 0.15) is 0 Å². The molecule has 7 rings (SSSR count). The molecule has 0 saturated heterocycles. The first-order chi connectivity index (χ1) is 10.4. The van der Waals surface area contributed by atoms with Crippen molar-refractivity contribution < 1.29 is 0 Å². The summed E-state index contributed by atoms with van der Waals surface area (Å²) in [5, 5.41) is 0.